The molecule has 0 aromatic carbocycles. The highest BCUT2D eigenvalue weighted by Gasteiger charge is 2.30. The van der Waals surface area contributed by atoms with Crippen LogP contribution in [0.15, 0.2) is 18.3 Å². The summed E-state index contributed by atoms with van der Waals surface area (Å²) in [4.78, 5) is 15.9. The molecule has 1 aliphatic rings. The molecule has 1 aromatic rings. The molecule has 116 valence electrons. The standard InChI is InChI=1S/C16H26N4O/c1-2-18-15(21)14-10-13(6-9-19-14)20-12-16(11-17)7-4-3-5-8-16/h6,9-10H,2-5,7-8,11-12,17H2,1H3,(H,18,21)(H,19,20). The second kappa shape index (κ2) is 7.41. The van der Waals surface area contributed by atoms with E-state index in [1.54, 1.807) is 12.3 Å². The molecule has 0 saturated heterocycles. The largest absolute Gasteiger partial charge is 0.384 e. The van der Waals surface area contributed by atoms with Crippen molar-refractivity contribution >= 4 is 11.6 Å². The van der Waals surface area contributed by atoms with E-state index in [1.165, 1.54) is 32.1 Å². The van der Waals surface area contributed by atoms with Gasteiger partial charge in [-0.1, -0.05) is 19.3 Å². The van der Waals surface area contributed by atoms with E-state index in [0.717, 1.165) is 12.2 Å². The molecule has 1 aliphatic carbocycles. The van der Waals surface area contributed by atoms with Crippen LogP contribution >= 0.6 is 0 Å². The first kappa shape index (κ1) is 15.8. The van der Waals surface area contributed by atoms with Crippen molar-refractivity contribution in [2.24, 2.45) is 11.1 Å². The summed E-state index contributed by atoms with van der Waals surface area (Å²) >= 11 is 0. The Bertz CT molecular complexity index is 469. The lowest BCUT2D eigenvalue weighted by Crippen LogP contribution is -2.39. The van der Waals surface area contributed by atoms with E-state index in [0.29, 0.717) is 18.8 Å². The van der Waals surface area contributed by atoms with Crippen molar-refractivity contribution in [3.05, 3.63) is 24.0 Å². The molecule has 1 fully saturated rings. The van der Waals surface area contributed by atoms with Crippen LogP contribution in [0, 0.1) is 5.41 Å². The van der Waals surface area contributed by atoms with E-state index in [2.05, 4.69) is 15.6 Å². The van der Waals surface area contributed by atoms with E-state index < -0.39 is 0 Å². The highest BCUT2D eigenvalue weighted by Crippen LogP contribution is 2.35. The Morgan fingerprint density at radius 2 is 2.14 bits per heavy atom. The Labute approximate surface area is 126 Å². The predicted octanol–water partition coefficient (Wildman–Crippen LogP) is 2.15. The van der Waals surface area contributed by atoms with Gasteiger partial charge in [-0.05, 0) is 43.9 Å². The number of aromatic nitrogens is 1. The van der Waals surface area contributed by atoms with Gasteiger partial charge in [0.05, 0.1) is 0 Å². The summed E-state index contributed by atoms with van der Waals surface area (Å²) in [6.07, 6.45) is 7.88. The van der Waals surface area contributed by atoms with E-state index in [9.17, 15) is 4.79 Å². The molecule has 0 atom stereocenters. The number of anilines is 1. The van der Waals surface area contributed by atoms with Crippen LogP contribution in [0.4, 0.5) is 5.69 Å². The normalized spacial score (nSPS) is 17.2. The molecular weight excluding hydrogens is 264 g/mol. The minimum Gasteiger partial charge on any atom is -0.384 e. The summed E-state index contributed by atoms with van der Waals surface area (Å²) in [6.45, 7) is 4.08. The lowest BCUT2D eigenvalue weighted by Gasteiger charge is -2.36. The van der Waals surface area contributed by atoms with Crippen molar-refractivity contribution in [3.8, 4) is 0 Å². The van der Waals surface area contributed by atoms with Crippen molar-refractivity contribution in [1.82, 2.24) is 10.3 Å². The summed E-state index contributed by atoms with van der Waals surface area (Å²) in [5.41, 5.74) is 7.59. The number of pyridine rings is 1. The minimum absolute atomic E-state index is 0.132. The lowest BCUT2D eigenvalue weighted by molar-refractivity contribution is 0.0951. The Morgan fingerprint density at radius 1 is 1.38 bits per heavy atom. The van der Waals surface area contributed by atoms with Gasteiger partial charge in [0.25, 0.3) is 5.91 Å². The maximum Gasteiger partial charge on any atom is 0.269 e. The molecule has 0 aliphatic heterocycles. The van der Waals surface area contributed by atoms with Gasteiger partial charge < -0.3 is 16.4 Å². The van der Waals surface area contributed by atoms with Gasteiger partial charge >= 0.3 is 0 Å². The summed E-state index contributed by atoms with van der Waals surface area (Å²) in [5, 5.41) is 6.21. The van der Waals surface area contributed by atoms with Gasteiger partial charge in [0.2, 0.25) is 0 Å². The maximum atomic E-state index is 11.8. The third kappa shape index (κ3) is 4.17. The highest BCUT2D eigenvalue weighted by molar-refractivity contribution is 5.93. The Hall–Kier alpha value is -1.62. The molecule has 0 bridgehead atoms. The second-order valence-corrected chi connectivity index (χ2v) is 5.91. The van der Waals surface area contributed by atoms with Gasteiger partial charge in [-0.15, -0.1) is 0 Å². The van der Waals surface area contributed by atoms with Gasteiger partial charge in [-0.2, -0.15) is 0 Å². The summed E-state index contributed by atoms with van der Waals surface area (Å²) < 4.78 is 0. The predicted molar refractivity (Wildman–Crippen MR) is 85.3 cm³/mol. The molecule has 1 saturated carbocycles. The van der Waals surface area contributed by atoms with Gasteiger partial charge in [0.15, 0.2) is 0 Å². The number of nitrogens with zero attached hydrogens (tertiary/aromatic N) is 1. The molecule has 21 heavy (non-hydrogen) atoms. The van der Waals surface area contributed by atoms with Crippen LogP contribution in [0.3, 0.4) is 0 Å². The molecule has 4 N–H and O–H groups in total. The van der Waals surface area contributed by atoms with Crippen molar-refractivity contribution in [2.75, 3.05) is 25.0 Å². The van der Waals surface area contributed by atoms with Crippen LogP contribution < -0.4 is 16.4 Å². The van der Waals surface area contributed by atoms with E-state index >= 15 is 0 Å². The Morgan fingerprint density at radius 3 is 2.81 bits per heavy atom. The summed E-state index contributed by atoms with van der Waals surface area (Å²) in [7, 11) is 0. The topological polar surface area (TPSA) is 80.0 Å². The van der Waals surface area contributed by atoms with Crippen LogP contribution in [-0.2, 0) is 0 Å². The monoisotopic (exact) mass is 290 g/mol. The number of nitrogens with one attached hydrogen (secondary N) is 2. The van der Waals surface area contributed by atoms with Crippen molar-refractivity contribution < 1.29 is 4.79 Å². The molecule has 0 radical (unpaired) electrons. The molecule has 1 heterocycles. The number of carbonyl (C=O) groups excluding carboxylic acids is 1. The van der Waals surface area contributed by atoms with Crippen molar-refractivity contribution in [3.63, 3.8) is 0 Å². The van der Waals surface area contributed by atoms with E-state index in [-0.39, 0.29) is 11.3 Å². The third-order valence-corrected chi connectivity index (χ3v) is 4.34. The zero-order valence-corrected chi connectivity index (χ0v) is 12.8. The molecular formula is C16H26N4O. The SMILES string of the molecule is CCNC(=O)c1cc(NCC2(CN)CCCCC2)ccn1. The van der Waals surface area contributed by atoms with Crippen LogP contribution in [0.5, 0.6) is 0 Å². The number of carbonyl (C=O) groups is 1. The first-order valence-corrected chi connectivity index (χ1v) is 7.87. The zero-order chi connectivity index (χ0) is 15.1. The number of hydrogen-bond donors (Lipinski definition) is 3. The number of rotatable bonds is 6. The molecule has 2 rings (SSSR count). The van der Waals surface area contributed by atoms with Gasteiger partial charge in [0.1, 0.15) is 5.69 Å². The highest BCUT2D eigenvalue weighted by atomic mass is 16.1. The van der Waals surface area contributed by atoms with Gasteiger partial charge in [0, 0.05) is 25.0 Å². The average molecular weight is 290 g/mol. The zero-order valence-electron chi connectivity index (χ0n) is 12.8. The van der Waals surface area contributed by atoms with Crippen LogP contribution in [-0.4, -0.2) is 30.5 Å². The molecule has 1 amide bonds. The van der Waals surface area contributed by atoms with E-state index in [4.69, 9.17) is 5.73 Å². The summed E-state index contributed by atoms with van der Waals surface area (Å²) in [6, 6.07) is 3.70. The maximum absolute atomic E-state index is 11.8. The quantitative estimate of drug-likeness (QED) is 0.750. The number of amides is 1. The molecule has 0 unspecified atom stereocenters. The molecule has 5 heteroatoms. The lowest BCUT2D eigenvalue weighted by atomic mass is 9.74. The Kier molecular flexibility index (Phi) is 5.56. The van der Waals surface area contributed by atoms with Crippen LogP contribution in [0.2, 0.25) is 0 Å². The smallest absolute Gasteiger partial charge is 0.269 e. The molecule has 1 aromatic heterocycles. The van der Waals surface area contributed by atoms with Crippen LogP contribution in [0.25, 0.3) is 0 Å². The third-order valence-electron chi connectivity index (χ3n) is 4.34. The first-order valence-electron chi connectivity index (χ1n) is 7.87. The van der Waals surface area contributed by atoms with Gasteiger partial charge in [-0.25, -0.2) is 0 Å². The molecule has 0 spiro atoms. The fraction of sp³-hybridized carbons (Fsp3) is 0.625. The first-order chi connectivity index (χ1) is 10.2. The van der Waals surface area contributed by atoms with Crippen molar-refractivity contribution in [1.29, 1.82) is 0 Å². The average Bonchev–Trinajstić information content (AvgIpc) is 2.54. The van der Waals surface area contributed by atoms with Gasteiger partial charge in [-0.3, -0.25) is 9.78 Å². The van der Waals surface area contributed by atoms with Crippen LogP contribution in [0.1, 0.15) is 49.5 Å². The fourth-order valence-electron chi connectivity index (χ4n) is 2.96. The summed E-state index contributed by atoms with van der Waals surface area (Å²) in [5.74, 6) is -0.132. The number of hydrogen-bond acceptors (Lipinski definition) is 4. The second-order valence-electron chi connectivity index (χ2n) is 5.91. The van der Waals surface area contributed by atoms with Crippen molar-refractivity contribution in [2.45, 2.75) is 39.0 Å². The fourth-order valence-corrected chi connectivity index (χ4v) is 2.96. The molecule has 5 nitrogen and oxygen atoms in total. The van der Waals surface area contributed by atoms with E-state index in [1.807, 2.05) is 13.0 Å². The number of nitrogens with two attached hydrogens (primary N) is 1. The Balaban J connectivity index is 1.99. The minimum atomic E-state index is -0.132.